The molecule has 2 aliphatic heterocycles. The van der Waals surface area contributed by atoms with Gasteiger partial charge in [0.05, 0.1) is 6.54 Å². The van der Waals surface area contributed by atoms with Crippen LogP contribution >= 0.6 is 0 Å². The number of carbonyl (C=O) groups excluding carboxylic acids is 4. The fraction of sp³-hybridized carbons (Fsp3) is 0.333. The summed E-state index contributed by atoms with van der Waals surface area (Å²) in [4.78, 5) is 61.1. The second kappa shape index (κ2) is 16.5. The zero-order valence-electron chi connectivity index (χ0n) is 27.3. The van der Waals surface area contributed by atoms with Crippen molar-refractivity contribution in [3.63, 3.8) is 0 Å². The second-order valence-corrected chi connectivity index (χ2v) is 11.6. The van der Waals surface area contributed by atoms with Crippen LogP contribution in [0.3, 0.4) is 0 Å². The van der Waals surface area contributed by atoms with Crippen LogP contribution < -0.4 is 31.9 Å². The van der Waals surface area contributed by atoms with E-state index in [4.69, 9.17) is 0 Å². The highest BCUT2D eigenvalue weighted by Crippen LogP contribution is 2.24. The number of amidine groups is 1. The van der Waals surface area contributed by atoms with Crippen molar-refractivity contribution in [2.24, 2.45) is 9.98 Å². The summed E-state index contributed by atoms with van der Waals surface area (Å²) in [6.45, 7) is 7.20. The predicted molar refractivity (Wildman–Crippen MR) is 188 cm³/mol. The van der Waals surface area contributed by atoms with Gasteiger partial charge >= 0.3 is 0 Å². The van der Waals surface area contributed by atoms with Gasteiger partial charge in [-0.25, -0.2) is 0 Å². The van der Waals surface area contributed by atoms with Gasteiger partial charge in [0.1, 0.15) is 12.0 Å². The van der Waals surface area contributed by atoms with E-state index < -0.39 is 11.8 Å². The molecule has 3 aromatic rings. The molecule has 5 rings (SSSR count). The number of hydrogen-bond acceptors (Lipinski definition) is 8. The van der Waals surface area contributed by atoms with Gasteiger partial charge in [-0.2, -0.15) is 0 Å². The topological polar surface area (TPSA) is 165 Å². The molecular formula is C36H42N8O4. The average Bonchev–Trinajstić information content (AvgIpc) is 3.84. The van der Waals surface area contributed by atoms with E-state index in [9.17, 15) is 19.2 Å². The molecule has 2 heterocycles. The van der Waals surface area contributed by atoms with Crippen LogP contribution in [-0.2, 0) is 0 Å². The third-order valence-electron chi connectivity index (χ3n) is 7.89. The maximum Gasteiger partial charge on any atom is 0.255 e. The van der Waals surface area contributed by atoms with Crippen LogP contribution in [0.2, 0.25) is 0 Å². The Hall–Kier alpha value is -5.36. The molecule has 4 amide bonds. The van der Waals surface area contributed by atoms with E-state index in [1.807, 2.05) is 0 Å². The van der Waals surface area contributed by atoms with Crippen LogP contribution in [-0.4, -0.2) is 68.4 Å². The highest BCUT2D eigenvalue weighted by molar-refractivity contribution is 6.09. The van der Waals surface area contributed by atoms with Crippen LogP contribution in [0.4, 0.5) is 11.4 Å². The Morgan fingerprint density at radius 1 is 0.729 bits per heavy atom. The number of aliphatic imine (C=N–C) groups is 2. The number of amides is 4. The molecule has 0 fully saturated rings. The van der Waals surface area contributed by atoms with Crippen molar-refractivity contribution in [3.8, 4) is 0 Å². The number of carbonyl (C=O) groups is 4. The predicted octanol–water partition coefficient (Wildman–Crippen LogP) is 4.27. The average molecular weight is 651 g/mol. The quantitative estimate of drug-likeness (QED) is 0.143. The van der Waals surface area contributed by atoms with Gasteiger partial charge in [0, 0.05) is 71.6 Å². The molecule has 0 radical (unpaired) electrons. The van der Waals surface area contributed by atoms with E-state index >= 15 is 0 Å². The summed E-state index contributed by atoms with van der Waals surface area (Å²) < 4.78 is 0. The summed E-state index contributed by atoms with van der Waals surface area (Å²) in [7, 11) is 0. The Balaban J connectivity index is 1.29. The second-order valence-electron chi connectivity index (χ2n) is 11.6. The van der Waals surface area contributed by atoms with Gasteiger partial charge in [-0.05, 0) is 79.1 Å². The van der Waals surface area contributed by atoms with Gasteiger partial charge in [0.25, 0.3) is 23.6 Å². The van der Waals surface area contributed by atoms with Gasteiger partial charge < -0.3 is 26.6 Å². The zero-order chi connectivity index (χ0) is 33.9. The molecule has 0 aliphatic carbocycles. The lowest BCUT2D eigenvalue weighted by atomic mass is 10.1. The number of hydrogen-bond donors (Lipinski definition) is 6. The van der Waals surface area contributed by atoms with Crippen molar-refractivity contribution in [1.82, 2.24) is 21.3 Å². The Kier molecular flexibility index (Phi) is 11.7. The molecule has 0 bridgehead atoms. The number of rotatable bonds is 14. The van der Waals surface area contributed by atoms with Crippen molar-refractivity contribution >= 4 is 47.1 Å². The minimum atomic E-state index is -0.395. The first-order valence-electron chi connectivity index (χ1n) is 16.5. The van der Waals surface area contributed by atoms with E-state index in [0.717, 1.165) is 31.2 Å². The van der Waals surface area contributed by atoms with Crippen molar-refractivity contribution in [3.05, 3.63) is 94.0 Å². The third-order valence-corrected chi connectivity index (χ3v) is 7.89. The zero-order valence-corrected chi connectivity index (χ0v) is 27.3. The molecule has 48 heavy (non-hydrogen) atoms. The molecule has 0 saturated heterocycles. The van der Waals surface area contributed by atoms with Gasteiger partial charge in [0.15, 0.2) is 0 Å². The van der Waals surface area contributed by atoms with Gasteiger partial charge in [-0.15, -0.1) is 0 Å². The first-order valence-corrected chi connectivity index (χ1v) is 16.5. The number of unbranched alkanes of at least 4 members (excludes halogenated alkanes) is 2. The maximum absolute atomic E-state index is 13.3. The van der Waals surface area contributed by atoms with Crippen LogP contribution in [0, 0.1) is 0 Å². The van der Waals surface area contributed by atoms with E-state index in [1.165, 1.54) is 0 Å². The summed E-state index contributed by atoms with van der Waals surface area (Å²) in [5.74, 6) is -0.562. The SMILES string of the molecule is CCCCNC(=O)c1cc(NC(=O)c2ccc(C(=O)Nc3cc(C(=O)NCCCC)cc([C@@H]4N=CCN4)c3)cc2)cc(C2=NCCN2)c1. The Labute approximate surface area is 280 Å². The van der Waals surface area contributed by atoms with Gasteiger partial charge in [-0.3, -0.25) is 34.5 Å². The number of anilines is 2. The minimum absolute atomic E-state index is 0.222. The van der Waals surface area contributed by atoms with E-state index in [2.05, 4.69) is 55.7 Å². The lowest BCUT2D eigenvalue weighted by Gasteiger charge is -2.15. The normalized spacial score (nSPS) is 15.0. The molecule has 250 valence electrons. The molecule has 1 atom stereocenters. The summed E-state index contributed by atoms with van der Waals surface area (Å²) in [5, 5.41) is 18.1. The standard InChI is InChI=1S/C36H42N8O4/c1-3-5-11-41-33(45)27-17-25(31-37-13-14-38-31)19-29(21-27)43-35(47)23-7-9-24(10-8-23)36(48)44-30-20-26(32-39-15-16-40-32)18-28(22-30)34(46)42-12-6-4-2/h7-10,13,17-22,31,38H,3-6,11-12,14-16H2,1-2H3,(H,39,40)(H,41,45)(H,42,46)(H,43,47)(H,44,48)/t31-/m1/s1. The first kappa shape index (κ1) is 34.0. The minimum Gasteiger partial charge on any atom is -0.368 e. The van der Waals surface area contributed by atoms with E-state index in [1.54, 1.807) is 66.9 Å². The fourth-order valence-corrected chi connectivity index (χ4v) is 5.29. The molecular weight excluding hydrogens is 608 g/mol. The van der Waals surface area contributed by atoms with Crippen LogP contribution in [0.25, 0.3) is 0 Å². The highest BCUT2D eigenvalue weighted by atomic mass is 16.2. The smallest absolute Gasteiger partial charge is 0.255 e. The van der Waals surface area contributed by atoms with E-state index in [0.29, 0.717) is 77.8 Å². The van der Waals surface area contributed by atoms with E-state index in [-0.39, 0.29) is 18.0 Å². The van der Waals surface area contributed by atoms with Crippen molar-refractivity contribution in [1.29, 1.82) is 0 Å². The number of nitrogens with one attached hydrogen (secondary N) is 6. The summed E-state index contributed by atoms with van der Waals surface area (Å²) in [6, 6.07) is 16.6. The van der Waals surface area contributed by atoms with Crippen molar-refractivity contribution in [2.45, 2.75) is 45.7 Å². The fourth-order valence-electron chi connectivity index (χ4n) is 5.29. The molecule has 0 spiro atoms. The largest absolute Gasteiger partial charge is 0.368 e. The Bertz CT molecular complexity index is 1720. The molecule has 6 N–H and O–H groups in total. The maximum atomic E-state index is 13.3. The third kappa shape index (κ3) is 8.91. The Morgan fingerprint density at radius 3 is 1.83 bits per heavy atom. The Morgan fingerprint density at radius 2 is 1.31 bits per heavy atom. The molecule has 3 aromatic carbocycles. The summed E-state index contributed by atoms with van der Waals surface area (Å²) in [6.07, 6.45) is 5.13. The molecule has 0 unspecified atom stereocenters. The lowest BCUT2D eigenvalue weighted by Crippen LogP contribution is -2.26. The van der Waals surface area contributed by atoms with Crippen LogP contribution in [0.15, 0.2) is 70.6 Å². The molecule has 0 saturated carbocycles. The number of nitrogens with zero attached hydrogens (tertiary/aromatic N) is 2. The monoisotopic (exact) mass is 650 g/mol. The summed E-state index contributed by atoms with van der Waals surface area (Å²) >= 11 is 0. The first-order chi connectivity index (χ1) is 23.3. The highest BCUT2D eigenvalue weighted by Gasteiger charge is 2.19. The number of benzene rings is 3. The molecule has 12 nitrogen and oxygen atoms in total. The van der Waals surface area contributed by atoms with Crippen LogP contribution in [0.5, 0.6) is 0 Å². The van der Waals surface area contributed by atoms with Crippen LogP contribution in [0.1, 0.15) is 98.3 Å². The summed E-state index contributed by atoms with van der Waals surface area (Å²) in [5.41, 5.74) is 3.89. The molecule has 0 aromatic heterocycles. The van der Waals surface area contributed by atoms with Crippen molar-refractivity contribution < 1.29 is 19.2 Å². The van der Waals surface area contributed by atoms with Gasteiger partial charge in [0.2, 0.25) is 0 Å². The molecule has 12 heteroatoms. The molecule has 2 aliphatic rings. The van der Waals surface area contributed by atoms with Gasteiger partial charge in [-0.1, -0.05) is 26.7 Å². The lowest BCUT2D eigenvalue weighted by molar-refractivity contribution is 0.0945. The van der Waals surface area contributed by atoms with Crippen molar-refractivity contribution in [2.75, 3.05) is 43.4 Å².